The maximum Gasteiger partial charge on any atom is 0.329 e. The standard InChI is InChI=1S/C17H21NO3/c1-13-7-3-4-8-14(13)9-10-15(19)18-12-6-5-11-17(18,2)16(20)21/h3-4,7-10H,5-6,11-12H2,1-2H3,(H,20,21)/b10-9+. The molecule has 1 N–H and O–H groups in total. The van der Waals surface area contributed by atoms with Crippen LogP contribution in [0.1, 0.15) is 37.3 Å². The van der Waals surface area contributed by atoms with Crippen LogP contribution in [0.3, 0.4) is 0 Å². The fourth-order valence-corrected chi connectivity index (χ4v) is 2.72. The van der Waals surface area contributed by atoms with Crippen LogP contribution in [0, 0.1) is 6.92 Å². The first kappa shape index (κ1) is 15.3. The number of amides is 1. The molecule has 1 aliphatic heterocycles. The van der Waals surface area contributed by atoms with Crippen LogP contribution in [0.4, 0.5) is 0 Å². The SMILES string of the molecule is Cc1ccccc1/C=C/C(=O)N1CCCCC1(C)C(=O)O. The zero-order chi connectivity index (χ0) is 15.5. The molecular weight excluding hydrogens is 266 g/mol. The van der Waals surface area contributed by atoms with Gasteiger partial charge in [0.25, 0.3) is 0 Å². The van der Waals surface area contributed by atoms with Gasteiger partial charge in [0, 0.05) is 12.6 Å². The summed E-state index contributed by atoms with van der Waals surface area (Å²) in [4.78, 5) is 25.4. The van der Waals surface area contributed by atoms with Crippen LogP contribution in [0.2, 0.25) is 0 Å². The Hall–Kier alpha value is -2.10. The Kier molecular flexibility index (Phi) is 4.46. The second-order valence-electron chi connectivity index (χ2n) is 5.72. The maximum atomic E-state index is 12.4. The maximum absolute atomic E-state index is 12.4. The number of likely N-dealkylation sites (tertiary alicyclic amines) is 1. The lowest BCUT2D eigenvalue weighted by Gasteiger charge is -2.41. The summed E-state index contributed by atoms with van der Waals surface area (Å²) in [5.41, 5.74) is 0.965. The Bertz CT molecular complexity index is 579. The Morgan fingerprint density at radius 1 is 1.29 bits per heavy atom. The third-order valence-electron chi connectivity index (χ3n) is 4.21. The lowest BCUT2D eigenvalue weighted by molar-refractivity contribution is -0.158. The van der Waals surface area contributed by atoms with Crippen LogP contribution in [-0.4, -0.2) is 34.0 Å². The van der Waals surface area contributed by atoms with E-state index in [4.69, 9.17) is 0 Å². The van der Waals surface area contributed by atoms with Gasteiger partial charge < -0.3 is 10.0 Å². The van der Waals surface area contributed by atoms with Crippen LogP contribution < -0.4 is 0 Å². The summed E-state index contributed by atoms with van der Waals surface area (Å²) < 4.78 is 0. The first-order chi connectivity index (χ1) is 9.95. The number of benzene rings is 1. The molecule has 0 radical (unpaired) electrons. The van der Waals surface area contributed by atoms with Crippen LogP contribution >= 0.6 is 0 Å². The molecule has 1 aromatic carbocycles. The van der Waals surface area contributed by atoms with Crippen molar-refractivity contribution in [2.24, 2.45) is 0 Å². The van der Waals surface area contributed by atoms with E-state index in [9.17, 15) is 14.7 Å². The van der Waals surface area contributed by atoms with Crippen molar-refractivity contribution >= 4 is 18.0 Å². The number of carboxylic acids is 1. The van der Waals surface area contributed by atoms with Gasteiger partial charge >= 0.3 is 5.97 Å². The first-order valence-corrected chi connectivity index (χ1v) is 7.24. The summed E-state index contributed by atoms with van der Waals surface area (Å²) in [6, 6.07) is 7.78. The summed E-state index contributed by atoms with van der Waals surface area (Å²) in [7, 11) is 0. The number of piperidine rings is 1. The molecule has 1 fully saturated rings. The highest BCUT2D eigenvalue weighted by molar-refractivity contribution is 5.96. The van der Waals surface area contributed by atoms with Gasteiger partial charge in [0.1, 0.15) is 5.54 Å². The molecule has 4 nitrogen and oxygen atoms in total. The largest absolute Gasteiger partial charge is 0.480 e. The Balaban J connectivity index is 2.19. The number of hydrogen-bond donors (Lipinski definition) is 1. The minimum Gasteiger partial charge on any atom is -0.480 e. The van der Waals surface area contributed by atoms with E-state index in [0.717, 1.165) is 24.0 Å². The molecule has 1 unspecified atom stereocenters. The van der Waals surface area contributed by atoms with Crippen molar-refractivity contribution in [1.29, 1.82) is 0 Å². The van der Waals surface area contributed by atoms with Crippen molar-refractivity contribution in [3.8, 4) is 0 Å². The van der Waals surface area contributed by atoms with Crippen LogP contribution in [-0.2, 0) is 9.59 Å². The Morgan fingerprint density at radius 2 is 2.00 bits per heavy atom. The fraction of sp³-hybridized carbons (Fsp3) is 0.412. The molecule has 1 heterocycles. The Labute approximate surface area is 125 Å². The van der Waals surface area contributed by atoms with Crippen molar-refractivity contribution in [1.82, 2.24) is 4.90 Å². The number of carboxylic acid groups (broad SMARTS) is 1. The molecule has 0 saturated carbocycles. The van der Waals surface area contributed by atoms with Crippen LogP contribution in [0.5, 0.6) is 0 Å². The molecule has 1 atom stereocenters. The predicted molar refractivity (Wildman–Crippen MR) is 81.8 cm³/mol. The molecule has 1 saturated heterocycles. The summed E-state index contributed by atoms with van der Waals surface area (Å²) in [5, 5.41) is 9.43. The molecule has 1 aromatic rings. The highest BCUT2D eigenvalue weighted by Crippen LogP contribution is 2.28. The molecular formula is C17H21NO3. The second-order valence-corrected chi connectivity index (χ2v) is 5.72. The van der Waals surface area contributed by atoms with Gasteiger partial charge in [-0.3, -0.25) is 4.79 Å². The van der Waals surface area contributed by atoms with Gasteiger partial charge in [-0.05, 0) is 50.3 Å². The molecule has 1 aliphatic rings. The summed E-state index contributed by atoms with van der Waals surface area (Å²) in [6.07, 6.45) is 5.44. The molecule has 0 spiro atoms. The lowest BCUT2D eigenvalue weighted by Crippen LogP contribution is -2.57. The third-order valence-corrected chi connectivity index (χ3v) is 4.21. The van der Waals surface area contributed by atoms with E-state index in [1.54, 1.807) is 13.0 Å². The van der Waals surface area contributed by atoms with Gasteiger partial charge in [-0.15, -0.1) is 0 Å². The number of aryl methyl sites for hydroxylation is 1. The minimum absolute atomic E-state index is 0.233. The third kappa shape index (κ3) is 3.15. The van der Waals surface area contributed by atoms with Crippen molar-refractivity contribution in [2.45, 2.75) is 38.6 Å². The minimum atomic E-state index is -1.09. The molecule has 21 heavy (non-hydrogen) atoms. The molecule has 0 aliphatic carbocycles. The average molecular weight is 287 g/mol. The second kappa shape index (κ2) is 6.12. The quantitative estimate of drug-likeness (QED) is 0.870. The van der Waals surface area contributed by atoms with Gasteiger partial charge in [0.15, 0.2) is 0 Å². The number of carbonyl (C=O) groups excluding carboxylic acids is 1. The normalized spacial score (nSPS) is 22.5. The zero-order valence-corrected chi connectivity index (χ0v) is 12.5. The Morgan fingerprint density at radius 3 is 2.67 bits per heavy atom. The van der Waals surface area contributed by atoms with Gasteiger partial charge in [-0.1, -0.05) is 24.3 Å². The topological polar surface area (TPSA) is 57.6 Å². The van der Waals surface area contributed by atoms with Gasteiger partial charge in [-0.2, -0.15) is 0 Å². The molecule has 112 valence electrons. The van der Waals surface area contributed by atoms with E-state index in [-0.39, 0.29) is 5.91 Å². The van der Waals surface area contributed by atoms with E-state index in [2.05, 4.69) is 0 Å². The number of aliphatic carboxylic acids is 1. The van der Waals surface area contributed by atoms with Gasteiger partial charge in [0.05, 0.1) is 0 Å². The molecule has 0 bridgehead atoms. The molecule has 4 heteroatoms. The van der Waals surface area contributed by atoms with E-state index < -0.39 is 11.5 Å². The fourth-order valence-electron chi connectivity index (χ4n) is 2.72. The van der Waals surface area contributed by atoms with Gasteiger partial charge in [-0.25, -0.2) is 4.79 Å². The van der Waals surface area contributed by atoms with Crippen molar-refractivity contribution < 1.29 is 14.7 Å². The smallest absolute Gasteiger partial charge is 0.329 e. The first-order valence-electron chi connectivity index (χ1n) is 7.24. The number of carbonyl (C=O) groups is 2. The highest BCUT2D eigenvalue weighted by atomic mass is 16.4. The lowest BCUT2D eigenvalue weighted by atomic mass is 9.88. The average Bonchev–Trinajstić information content (AvgIpc) is 2.46. The highest BCUT2D eigenvalue weighted by Gasteiger charge is 2.43. The van der Waals surface area contributed by atoms with E-state index in [1.165, 1.54) is 11.0 Å². The van der Waals surface area contributed by atoms with E-state index in [1.807, 2.05) is 31.2 Å². The van der Waals surface area contributed by atoms with Gasteiger partial charge in [0.2, 0.25) is 5.91 Å². The number of rotatable bonds is 3. The molecule has 0 aromatic heterocycles. The van der Waals surface area contributed by atoms with E-state index in [0.29, 0.717) is 13.0 Å². The van der Waals surface area contributed by atoms with Crippen molar-refractivity contribution in [3.63, 3.8) is 0 Å². The van der Waals surface area contributed by atoms with E-state index >= 15 is 0 Å². The molecule has 1 amide bonds. The number of nitrogens with zero attached hydrogens (tertiary/aromatic N) is 1. The summed E-state index contributed by atoms with van der Waals surface area (Å²) in [6.45, 7) is 4.11. The van der Waals surface area contributed by atoms with Crippen LogP contribution in [0.25, 0.3) is 6.08 Å². The van der Waals surface area contributed by atoms with Crippen molar-refractivity contribution in [3.05, 3.63) is 41.5 Å². The monoisotopic (exact) mass is 287 g/mol. The summed E-state index contributed by atoms with van der Waals surface area (Å²) >= 11 is 0. The summed E-state index contributed by atoms with van der Waals surface area (Å²) in [5.74, 6) is -1.16. The van der Waals surface area contributed by atoms with Crippen molar-refractivity contribution in [2.75, 3.05) is 6.54 Å². The van der Waals surface area contributed by atoms with Crippen LogP contribution in [0.15, 0.2) is 30.3 Å². The molecule has 2 rings (SSSR count). The predicted octanol–water partition coefficient (Wildman–Crippen LogP) is 2.86. The number of hydrogen-bond acceptors (Lipinski definition) is 2. The zero-order valence-electron chi connectivity index (χ0n) is 12.5.